The van der Waals surface area contributed by atoms with Crippen LogP contribution in [0.5, 0.6) is 0 Å². The van der Waals surface area contributed by atoms with Gasteiger partial charge in [-0.25, -0.2) is 0 Å². The van der Waals surface area contributed by atoms with Gasteiger partial charge < -0.3 is 4.74 Å². The molecule has 0 radical (unpaired) electrons. The molecule has 0 aliphatic heterocycles. The molecule has 2 aliphatic rings. The predicted molar refractivity (Wildman–Crippen MR) is 110 cm³/mol. The maximum Gasteiger partial charge on any atom is 0.0647 e. The Balaban J connectivity index is 1.55. The molecule has 0 spiro atoms. The van der Waals surface area contributed by atoms with E-state index in [1.807, 2.05) is 0 Å². The van der Waals surface area contributed by atoms with Crippen LogP contribution >= 0.6 is 0 Å². The van der Waals surface area contributed by atoms with Crippen molar-refractivity contribution in [1.82, 2.24) is 0 Å². The first kappa shape index (κ1) is 20.7. The summed E-state index contributed by atoms with van der Waals surface area (Å²) in [5, 5.41) is 0. The van der Waals surface area contributed by atoms with Crippen LogP contribution in [0.2, 0.25) is 0 Å². The molecule has 1 nitrogen and oxygen atoms in total. The van der Waals surface area contributed by atoms with Crippen molar-refractivity contribution in [3.63, 3.8) is 0 Å². The van der Waals surface area contributed by atoms with Gasteiger partial charge in [0.1, 0.15) is 0 Å². The summed E-state index contributed by atoms with van der Waals surface area (Å²) < 4.78 is 5.78. The van der Waals surface area contributed by atoms with Crippen LogP contribution in [0.4, 0.5) is 0 Å². The second-order valence-corrected chi connectivity index (χ2v) is 8.48. The van der Waals surface area contributed by atoms with Crippen molar-refractivity contribution in [1.29, 1.82) is 0 Å². The molecule has 0 saturated heterocycles. The molecule has 2 rings (SSSR count). The Hall–Kier alpha value is -0.560. The van der Waals surface area contributed by atoms with Crippen LogP contribution in [0, 0.1) is 23.7 Å². The average Bonchev–Trinajstić information content (AvgIpc) is 2.66. The van der Waals surface area contributed by atoms with Crippen molar-refractivity contribution in [2.75, 3.05) is 13.2 Å². The topological polar surface area (TPSA) is 9.23 Å². The zero-order valence-electron chi connectivity index (χ0n) is 16.9. The molecule has 144 valence electrons. The smallest absolute Gasteiger partial charge is 0.0647 e. The minimum Gasteiger partial charge on any atom is -0.377 e. The summed E-state index contributed by atoms with van der Waals surface area (Å²) in [4.78, 5) is 0. The van der Waals surface area contributed by atoms with Crippen molar-refractivity contribution in [3.8, 4) is 0 Å². The highest BCUT2D eigenvalue weighted by atomic mass is 16.5. The third-order valence-corrected chi connectivity index (χ3v) is 6.64. The minimum atomic E-state index is 0.800. The van der Waals surface area contributed by atoms with Gasteiger partial charge in [0.05, 0.1) is 6.61 Å². The van der Waals surface area contributed by atoms with E-state index in [4.69, 9.17) is 4.74 Å². The molecule has 0 bridgehead atoms. The average molecular weight is 347 g/mol. The molecule has 0 atom stereocenters. The first-order valence-electron chi connectivity index (χ1n) is 11.2. The molecule has 0 amide bonds. The van der Waals surface area contributed by atoms with Crippen LogP contribution in [0.1, 0.15) is 90.9 Å². The Bertz CT molecular complexity index is 368. The highest BCUT2D eigenvalue weighted by molar-refractivity contribution is 4.84. The molecule has 0 aromatic rings. The van der Waals surface area contributed by atoms with Crippen molar-refractivity contribution < 1.29 is 4.74 Å². The van der Waals surface area contributed by atoms with Gasteiger partial charge in [-0.1, -0.05) is 50.5 Å². The normalized spacial score (nSPS) is 31.1. The standard InChI is InChI=1S/C24H42O/c1-3-5-7-8-9-10-21-11-15-23(16-12-21)24-17-13-22(14-18-24)20-25-19-6-4-2/h4-7,21-24H,3,8-20H2,1-2H3/b6-4-,7-5-/t21-,22?,23-,24?. The first-order chi connectivity index (χ1) is 12.3. The molecule has 25 heavy (non-hydrogen) atoms. The molecule has 0 aromatic heterocycles. The van der Waals surface area contributed by atoms with Crippen LogP contribution < -0.4 is 0 Å². The van der Waals surface area contributed by atoms with Gasteiger partial charge in [0.2, 0.25) is 0 Å². The fourth-order valence-corrected chi connectivity index (χ4v) is 4.98. The Morgan fingerprint density at radius 1 is 0.800 bits per heavy atom. The van der Waals surface area contributed by atoms with Crippen molar-refractivity contribution >= 4 is 0 Å². The monoisotopic (exact) mass is 346 g/mol. The van der Waals surface area contributed by atoms with Gasteiger partial charge in [-0.15, -0.1) is 0 Å². The lowest BCUT2D eigenvalue weighted by Crippen LogP contribution is -2.27. The van der Waals surface area contributed by atoms with E-state index in [1.165, 1.54) is 77.0 Å². The summed E-state index contributed by atoms with van der Waals surface area (Å²) in [5.41, 5.74) is 0. The summed E-state index contributed by atoms with van der Waals surface area (Å²) in [6, 6.07) is 0. The molecule has 2 aliphatic carbocycles. The van der Waals surface area contributed by atoms with Gasteiger partial charge in [0, 0.05) is 6.61 Å². The van der Waals surface area contributed by atoms with Crippen LogP contribution in [0.3, 0.4) is 0 Å². The molecule has 0 unspecified atom stereocenters. The summed E-state index contributed by atoms with van der Waals surface area (Å²) >= 11 is 0. The number of unbranched alkanes of at least 4 members (excludes halogenated alkanes) is 1. The lowest BCUT2D eigenvalue weighted by Gasteiger charge is -2.38. The quantitative estimate of drug-likeness (QED) is 0.297. The molecule has 2 saturated carbocycles. The van der Waals surface area contributed by atoms with E-state index in [2.05, 4.69) is 38.2 Å². The Labute approximate surface area is 157 Å². The van der Waals surface area contributed by atoms with E-state index in [-0.39, 0.29) is 0 Å². The summed E-state index contributed by atoms with van der Waals surface area (Å²) in [5.74, 6) is 3.93. The van der Waals surface area contributed by atoms with Gasteiger partial charge in [-0.3, -0.25) is 0 Å². The fraction of sp³-hybridized carbons (Fsp3) is 0.833. The van der Waals surface area contributed by atoms with E-state index in [9.17, 15) is 0 Å². The lowest BCUT2D eigenvalue weighted by molar-refractivity contribution is 0.0779. The number of allylic oxidation sites excluding steroid dienone is 3. The molecular formula is C24H42O. The third-order valence-electron chi connectivity index (χ3n) is 6.64. The fourth-order valence-electron chi connectivity index (χ4n) is 4.98. The molecule has 0 N–H and O–H groups in total. The molecule has 0 aromatic carbocycles. The second kappa shape index (κ2) is 12.7. The number of ether oxygens (including phenoxy) is 1. The van der Waals surface area contributed by atoms with Crippen LogP contribution in [0.15, 0.2) is 24.3 Å². The van der Waals surface area contributed by atoms with E-state index in [0.29, 0.717) is 0 Å². The first-order valence-corrected chi connectivity index (χ1v) is 11.2. The van der Waals surface area contributed by atoms with E-state index in [1.54, 1.807) is 0 Å². The predicted octanol–water partition coefficient (Wildman–Crippen LogP) is 7.33. The van der Waals surface area contributed by atoms with Gasteiger partial charge in [0.15, 0.2) is 0 Å². The Kier molecular flexibility index (Phi) is 10.6. The summed E-state index contributed by atoms with van der Waals surface area (Å²) in [6.45, 7) is 6.07. The maximum atomic E-state index is 5.78. The summed E-state index contributed by atoms with van der Waals surface area (Å²) in [6.07, 6.45) is 26.1. The number of rotatable bonds is 10. The second-order valence-electron chi connectivity index (χ2n) is 8.48. The van der Waals surface area contributed by atoms with E-state index in [0.717, 1.165) is 36.9 Å². The lowest BCUT2D eigenvalue weighted by atomic mass is 9.69. The Morgan fingerprint density at radius 2 is 1.44 bits per heavy atom. The maximum absolute atomic E-state index is 5.78. The third kappa shape index (κ3) is 8.11. The molecule has 0 heterocycles. The van der Waals surface area contributed by atoms with Crippen LogP contribution in [0.25, 0.3) is 0 Å². The Morgan fingerprint density at radius 3 is 2.04 bits per heavy atom. The van der Waals surface area contributed by atoms with E-state index >= 15 is 0 Å². The van der Waals surface area contributed by atoms with Crippen LogP contribution in [-0.2, 0) is 4.74 Å². The van der Waals surface area contributed by atoms with Gasteiger partial charge in [-0.2, -0.15) is 0 Å². The van der Waals surface area contributed by atoms with Gasteiger partial charge >= 0.3 is 0 Å². The highest BCUT2D eigenvalue weighted by Gasteiger charge is 2.30. The van der Waals surface area contributed by atoms with Gasteiger partial charge in [0.25, 0.3) is 0 Å². The zero-order valence-corrected chi connectivity index (χ0v) is 16.9. The zero-order chi connectivity index (χ0) is 17.7. The SMILES string of the molecule is C/C=C\COCC1CCC([C@H]2CC[C@H](CCC/C=C\CC)CC2)CC1. The van der Waals surface area contributed by atoms with E-state index < -0.39 is 0 Å². The number of hydrogen-bond acceptors (Lipinski definition) is 1. The van der Waals surface area contributed by atoms with Gasteiger partial charge in [-0.05, 0) is 88.4 Å². The van der Waals surface area contributed by atoms with Crippen molar-refractivity contribution in [2.24, 2.45) is 23.7 Å². The van der Waals surface area contributed by atoms with Crippen molar-refractivity contribution in [2.45, 2.75) is 90.9 Å². The number of hydrogen-bond donors (Lipinski definition) is 0. The van der Waals surface area contributed by atoms with Crippen molar-refractivity contribution in [3.05, 3.63) is 24.3 Å². The molecular weight excluding hydrogens is 304 g/mol. The largest absolute Gasteiger partial charge is 0.377 e. The summed E-state index contributed by atoms with van der Waals surface area (Å²) in [7, 11) is 0. The van der Waals surface area contributed by atoms with Crippen LogP contribution in [-0.4, -0.2) is 13.2 Å². The highest BCUT2D eigenvalue weighted by Crippen LogP contribution is 2.42. The molecule has 1 heteroatoms. The minimum absolute atomic E-state index is 0.800. The molecule has 2 fully saturated rings.